The number of nitrogens with one attached hydrogen (secondary N) is 1. The molecule has 0 aliphatic rings. The lowest BCUT2D eigenvalue weighted by Gasteiger charge is -2.02. The van der Waals surface area contributed by atoms with Crippen LogP contribution in [-0.2, 0) is 6.54 Å². The second-order valence-electron chi connectivity index (χ2n) is 2.51. The third kappa shape index (κ3) is 2.43. The number of aromatic amines is 1. The summed E-state index contributed by atoms with van der Waals surface area (Å²) in [6.07, 6.45) is 1.71. The quantitative estimate of drug-likeness (QED) is 0.702. The summed E-state index contributed by atoms with van der Waals surface area (Å²) in [5.74, 6) is 0. The smallest absolute Gasteiger partial charge is 0.328 e. The van der Waals surface area contributed by atoms with Crippen molar-refractivity contribution >= 4 is 11.6 Å². The van der Waals surface area contributed by atoms with Gasteiger partial charge < -0.3 is 5.11 Å². The van der Waals surface area contributed by atoms with Crippen LogP contribution < -0.4 is 11.2 Å². The second-order valence-corrected chi connectivity index (χ2v) is 2.91. The molecule has 0 saturated carbocycles. The minimum Gasteiger partial charge on any atom is -0.396 e. The Balaban J connectivity index is 3.02. The lowest BCUT2D eigenvalue weighted by Crippen LogP contribution is -2.29. The Bertz CT molecular complexity index is 395. The number of aryl methyl sites for hydroxylation is 1. The number of halogens is 1. The van der Waals surface area contributed by atoms with Crippen LogP contribution in [0.3, 0.4) is 0 Å². The number of hydrogen-bond acceptors (Lipinski definition) is 3. The summed E-state index contributed by atoms with van der Waals surface area (Å²) in [6.45, 7) is 0.328. The molecule has 1 rings (SSSR count). The van der Waals surface area contributed by atoms with Crippen LogP contribution in [0.5, 0.6) is 0 Å². The van der Waals surface area contributed by atoms with Gasteiger partial charge in [-0.05, 0) is 6.42 Å². The van der Waals surface area contributed by atoms with Gasteiger partial charge in [0.25, 0.3) is 5.56 Å². The van der Waals surface area contributed by atoms with Gasteiger partial charge in [-0.25, -0.2) is 4.79 Å². The van der Waals surface area contributed by atoms with Crippen molar-refractivity contribution in [3.05, 3.63) is 32.1 Å². The molecule has 0 aliphatic carbocycles. The Morgan fingerprint density at radius 1 is 1.54 bits per heavy atom. The van der Waals surface area contributed by atoms with E-state index in [9.17, 15) is 9.59 Å². The minimum atomic E-state index is -0.591. The zero-order valence-electron chi connectivity index (χ0n) is 6.79. The first-order valence-corrected chi connectivity index (χ1v) is 4.13. The van der Waals surface area contributed by atoms with Crippen molar-refractivity contribution in [2.24, 2.45) is 0 Å². The lowest BCUT2D eigenvalue weighted by atomic mass is 10.4. The average molecular weight is 205 g/mol. The summed E-state index contributed by atoms with van der Waals surface area (Å²) in [6, 6.07) is 0. The van der Waals surface area contributed by atoms with Crippen molar-refractivity contribution in [3.8, 4) is 0 Å². The SMILES string of the molecule is O=c1[nH]c(=O)n(CCCO)cc1Cl. The van der Waals surface area contributed by atoms with Crippen LogP contribution in [0.1, 0.15) is 6.42 Å². The van der Waals surface area contributed by atoms with Crippen molar-refractivity contribution in [2.45, 2.75) is 13.0 Å². The van der Waals surface area contributed by atoms with Crippen LogP contribution >= 0.6 is 11.6 Å². The van der Waals surface area contributed by atoms with Crippen molar-refractivity contribution in [1.29, 1.82) is 0 Å². The van der Waals surface area contributed by atoms with Crippen molar-refractivity contribution < 1.29 is 5.11 Å². The molecule has 1 aromatic rings. The molecule has 1 heterocycles. The Morgan fingerprint density at radius 3 is 2.85 bits per heavy atom. The fraction of sp³-hybridized carbons (Fsp3) is 0.429. The molecule has 0 radical (unpaired) electrons. The highest BCUT2D eigenvalue weighted by Gasteiger charge is 2.00. The third-order valence-corrected chi connectivity index (χ3v) is 1.79. The van der Waals surface area contributed by atoms with E-state index in [-0.39, 0.29) is 11.6 Å². The standard InChI is InChI=1S/C7H9ClN2O3/c8-5-4-10(2-1-3-11)7(13)9-6(5)12/h4,11H,1-3H2,(H,9,12,13). The molecule has 0 bridgehead atoms. The molecule has 0 saturated heterocycles. The molecule has 72 valence electrons. The Kier molecular flexibility index (Phi) is 3.27. The van der Waals surface area contributed by atoms with Gasteiger partial charge in [0.1, 0.15) is 5.02 Å². The van der Waals surface area contributed by atoms with Gasteiger partial charge in [0.05, 0.1) is 0 Å². The summed E-state index contributed by atoms with van der Waals surface area (Å²) in [5, 5.41) is 8.49. The summed E-state index contributed by atoms with van der Waals surface area (Å²) in [7, 11) is 0. The first kappa shape index (κ1) is 10.0. The summed E-state index contributed by atoms with van der Waals surface area (Å²) in [4.78, 5) is 23.9. The normalized spacial score (nSPS) is 10.3. The molecular formula is C7H9ClN2O3. The maximum atomic E-state index is 11.1. The van der Waals surface area contributed by atoms with Crippen LogP contribution in [0.2, 0.25) is 5.02 Å². The molecule has 0 unspecified atom stereocenters. The number of H-pyrrole nitrogens is 1. The first-order chi connectivity index (χ1) is 6.15. The molecule has 0 aliphatic heterocycles. The van der Waals surface area contributed by atoms with Gasteiger partial charge in [-0.2, -0.15) is 0 Å². The maximum Gasteiger partial charge on any atom is 0.328 e. The van der Waals surface area contributed by atoms with Gasteiger partial charge in [-0.15, -0.1) is 0 Å². The van der Waals surface area contributed by atoms with E-state index in [1.54, 1.807) is 0 Å². The van der Waals surface area contributed by atoms with Crippen LogP contribution in [0.25, 0.3) is 0 Å². The van der Waals surface area contributed by atoms with Gasteiger partial charge >= 0.3 is 5.69 Å². The monoisotopic (exact) mass is 204 g/mol. The van der Waals surface area contributed by atoms with E-state index >= 15 is 0 Å². The number of aliphatic hydroxyl groups excluding tert-OH is 1. The van der Waals surface area contributed by atoms with Crippen LogP contribution in [0, 0.1) is 0 Å². The van der Waals surface area contributed by atoms with Crippen molar-refractivity contribution in [2.75, 3.05) is 6.61 Å². The highest BCUT2D eigenvalue weighted by molar-refractivity contribution is 6.30. The molecule has 1 aromatic heterocycles. The molecule has 0 fully saturated rings. The van der Waals surface area contributed by atoms with E-state index in [4.69, 9.17) is 16.7 Å². The minimum absolute atomic E-state index is 0.0107. The Morgan fingerprint density at radius 2 is 2.23 bits per heavy atom. The van der Waals surface area contributed by atoms with Crippen LogP contribution in [-0.4, -0.2) is 21.3 Å². The van der Waals surface area contributed by atoms with Gasteiger partial charge in [0, 0.05) is 19.3 Å². The zero-order chi connectivity index (χ0) is 9.84. The van der Waals surface area contributed by atoms with Crippen molar-refractivity contribution in [1.82, 2.24) is 9.55 Å². The molecule has 0 spiro atoms. The molecular weight excluding hydrogens is 196 g/mol. The number of nitrogens with zero attached hydrogens (tertiary/aromatic N) is 1. The first-order valence-electron chi connectivity index (χ1n) is 3.75. The zero-order valence-corrected chi connectivity index (χ0v) is 7.54. The second kappa shape index (κ2) is 4.25. The average Bonchev–Trinajstić information content (AvgIpc) is 2.09. The molecule has 13 heavy (non-hydrogen) atoms. The number of aliphatic hydroxyl groups is 1. The van der Waals surface area contributed by atoms with Gasteiger partial charge in [-0.3, -0.25) is 14.3 Å². The lowest BCUT2D eigenvalue weighted by molar-refractivity contribution is 0.278. The molecule has 0 amide bonds. The number of hydrogen-bond donors (Lipinski definition) is 2. The molecule has 6 heteroatoms. The van der Waals surface area contributed by atoms with Crippen LogP contribution in [0.4, 0.5) is 0 Å². The number of rotatable bonds is 3. The van der Waals surface area contributed by atoms with E-state index in [0.717, 1.165) is 0 Å². The molecule has 5 nitrogen and oxygen atoms in total. The largest absolute Gasteiger partial charge is 0.396 e. The summed E-state index contributed by atoms with van der Waals surface area (Å²) < 4.78 is 1.25. The van der Waals surface area contributed by atoms with E-state index in [0.29, 0.717) is 13.0 Å². The van der Waals surface area contributed by atoms with E-state index in [2.05, 4.69) is 4.98 Å². The van der Waals surface area contributed by atoms with Gasteiger partial charge in [0.2, 0.25) is 0 Å². The predicted octanol–water partition coefficient (Wildman–Crippen LogP) is -0.428. The maximum absolute atomic E-state index is 11.1. The Hall–Kier alpha value is -1.07. The third-order valence-electron chi connectivity index (χ3n) is 1.52. The highest BCUT2D eigenvalue weighted by Crippen LogP contribution is 1.96. The van der Waals surface area contributed by atoms with Crippen LogP contribution in [0.15, 0.2) is 15.8 Å². The topological polar surface area (TPSA) is 75.1 Å². The predicted molar refractivity (Wildman–Crippen MR) is 48.0 cm³/mol. The Labute approximate surface area is 78.6 Å². The molecule has 0 atom stereocenters. The highest BCUT2D eigenvalue weighted by atomic mass is 35.5. The van der Waals surface area contributed by atoms with E-state index < -0.39 is 11.2 Å². The fourth-order valence-corrected chi connectivity index (χ4v) is 1.05. The molecule has 0 aromatic carbocycles. The van der Waals surface area contributed by atoms with Gasteiger partial charge in [0.15, 0.2) is 0 Å². The van der Waals surface area contributed by atoms with E-state index in [1.807, 2.05) is 0 Å². The summed E-state index contributed by atoms with van der Waals surface area (Å²) in [5.41, 5.74) is -1.10. The molecule has 2 N–H and O–H groups in total. The van der Waals surface area contributed by atoms with Crippen molar-refractivity contribution in [3.63, 3.8) is 0 Å². The van der Waals surface area contributed by atoms with Gasteiger partial charge in [-0.1, -0.05) is 11.6 Å². The fourth-order valence-electron chi connectivity index (χ4n) is 0.890. The van der Waals surface area contributed by atoms with E-state index in [1.165, 1.54) is 10.8 Å². The number of aromatic nitrogens is 2. The summed E-state index contributed by atoms with van der Waals surface area (Å²) >= 11 is 5.50.